The smallest absolute Gasteiger partial charge is 0.0409 e. The lowest BCUT2D eigenvalue weighted by atomic mass is 9.99. The van der Waals surface area contributed by atoms with Crippen molar-refractivity contribution in [3.63, 3.8) is 0 Å². The summed E-state index contributed by atoms with van der Waals surface area (Å²) in [5, 5.41) is 4.30. The highest BCUT2D eigenvalue weighted by Crippen LogP contribution is 2.23. The molecule has 1 unspecified atom stereocenters. The number of nitrogens with zero attached hydrogens (tertiary/aromatic N) is 1. The number of halogens is 1. The molecule has 1 atom stereocenters. The van der Waals surface area contributed by atoms with Crippen LogP contribution in [0.15, 0.2) is 42.7 Å². The molecular formula is C16H20ClN3. The number of nitrogen functional groups attached to an aromatic ring is 1. The summed E-state index contributed by atoms with van der Waals surface area (Å²) >= 11 is 6.09. The second kappa shape index (κ2) is 7.27. The second-order valence-electron chi connectivity index (χ2n) is 4.84. The van der Waals surface area contributed by atoms with Crippen LogP contribution in [0.25, 0.3) is 0 Å². The normalized spacial score (nSPS) is 12.3. The molecule has 3 N–H and O–H groups in total. The number of aromatic nitrogens is 1. The number of pyridine rings is 1. The molecule has 2 rings (SSSR count). The van der Waals surface area contributed by atoms with E-state index in [0.717, 1.165) is 35.7 Å². The van der Waals surface area contributed by atoms with Gasteiger partial charge < -0.3 is 11.1 Å². The maximum atomic E-state index is 6.09. The van der Waals surface area contributed by atoms with Gasteiger partial charge in [-0.25, -0.2) is 0 Å². The maximum Gasteiger partial charge on any atom is 0.0409 e. The summed E-state index contributed by atoms with van der Waals surface area (Å²) in [5.74, 6) is 0. The van der Waals surface area contributed by atoms with Crippen LogP contribution in [0.2, 0.25) is 5.02 Å². The number of nitrogens with one attached hydrogen (secondary N) is 1. The molecule has 0 aliphatic heterocycles. The Morgan fingerprint density at radius 2 is 2.20 bits per heavy atom. The molecule has 0 amide bonds. The summed E-state index contributed by atoms with van der Waals surface area (Å²) in [6.07, 6.45) is 5.44. The second-order valence-corrected chi connectivity index (χ2v) is 5.28. The van der Waals surface area contributed by atoms with Crippen LogP contribution in [-0.4, -0.2) is 11.5 Å². The summed E-state index contributed by atoms with van der Waals surface area (Å²) < 4.78 is 0. The minimum atomic E-state index is 0.195. The van der Waals surface area contributed by atoms with Crippen molar-refractivity contribution in [1.82, 2.24) is 10.3 Å². The minimum absolute atomic E-state index is 0.195. The molecule has 1 heterocycles. The number of hydrogen-bond acceptors (Lipinski definition) is 3. The van der Waals surface area contributed by atoms with E-state index in [1.54, 1.807) is 6.20 Å². The third kappa shape index (κ3) is 3.95. The summed E-state index contributed by atoms with van der Waals surface area (Å²) in [6, 6.07) is 9.99. The molecule has 2 aromatic rings. The standard InChI is InChI=1S/C16H20ClN3/c1-2-7-20-16(12-4-3-5-14(17)9-12)10-13-11-19-8-6-15(13)18/h3-6,8-9,11,16,20H,2,7,10H2,1H3,(H2,18,19). The lowest BCUT2D eigenvalue weighted by molar-refractivity contribution is 0.529. The lowest BCUT2D eigenvalue weighted by Gasteiger charge is -2.20. The molecule has 1 aromatic heterocycles. The molecule has 0 spiro atoms. The van der Waals surface area contributed by atoms with Gasteiger partial charge in [-0.2, -0.15) is 0 Å². The molecule has 0 saturated heterocycles. The van der Waals surface area contributed by atoms with E-state index in [0.29, 0.717) is 0 Å². The SMILES string of the molecule is CCCNC(Cc1cnccc1N)c1cccc(Cl)c1. The van der Waals surface area contributed by atoms with E-state index in [9.17, 15) is 0 Å². The molecule has 0 radical (unpaired) electrons. The Kier molecular flexibility index (Phi) is 5.39. The third-order valence-corrected chi connectivity index (χ3v) is 3.49. The van der Waals surface area contributed by atoms with Gasteiger partial charge in [-0.3, -0.25) is 4.98 Å². The fourth-order valence-electron chi connectivity index (χ4n) is 2.18. The first-order valence-corrected chi connectivity index (χ1v) is 7.25. The van der Waals surface area contributed by atoms with E-state index in [4.69, 9.17) is 17.3 Å². The van der Waals surface area contributed by atoms with Gasteiger partial charge in [0.2, 0.25) is 0 Å². The van der Waals surface area contributed by atoms with Gasteiger partial charge in [-0.15, -0.1) is 0 Å². The van der Waals surface area contributed by atoms with Crippen molar-refractivity contribution in [3.05, 3.63) is 58.9 Å². The van der Waals surface area contributed by atoms with Crippen molar-refractivity contribution in [1.29, 1.82) is 0 Å². The molecular weight excluding hydrogens is 270 g/mol. The van der Waals surface area contributed by atoms with Crippen LogP contribution < -0.4 is 11.1 Å². The van der Waals surface area contributed by atoms with Gasteiger partial charge in [-0.05, 0) is 48.7 Å². The molecule has 0 aliphatic rings. The number of nitrogens with two attached hydrogens (primary N) is 1. The van der Waals surface area contributed by atoms with Crippen molar-refractivity contribution < 1.29 is 0 Å². The lowest BCUT2D eigenvalue weighted by Crippen LogP contribution is -2.24. The topological polar surface area (TPSA) is 50.9 Å². The average molecular weight is 290 g/mol. The molecule has 0 fully saturated rings. The highest BCUT2D eigenvalue weighted by atomic mass is 35.5. The van der Waals surface area contributed by atoms with Crippen LogP contribution in [-0.2, 0) is 6.42 Å². The largest absolute Gasteiger partial charge is 0.398 e. The summed E-state index contributed by atoms with van der Waals surface area (Å²) in [5.41, 5.74) is 9.03. The third-order valence-electron chi connectivity index (χ3n) is 3.26. The Morgan fingerprint density at radius 1 is 1.35 bits per heavy atom. The van der Waals surface area contributed by atoms with E-state index < -0.39 is 0 Å². The zero-order valence-electron chi connectivity index (χ0n) is 11.6. The molecule has 0 saturated carbocycles. The first-order chi connectivity index (χ1) is 9.70. The van der Waals surface area contributed by atoms with Crippen molar-refractivity contribution >= 4 is 17.3 Å². The van der Waals surface area contributed by atoms with E-state index in [-0.39, 0.29) is 6.04 Å². The van der Waals surface area contributed by atoms with Crippen molar-refractivity contribution in [2.24, 2.45) is 0 Å². The minimum Gasteiger partial charge on any atom is -0.398 e. The van der Waals surface area contributed by atoms with E-state index in [2.05, 4.69) is 23.3 Å². The van der Waals surface area contributed by atoms with Crippen LogP contribution in [0, 0.1) is 0 Å². The zero-order chi connectivity index (χ0) is 14.4. The van der Waals surface area contributed by atoms with Gasteiger partial charge in [0.1, 0.15) is 0 Å². The average Bonchev–Trinajstić information content (AvgIpc) is 2.45. The monoisotopic (exact) mass is 289 g/mol. The van der Waals surface area contributed by atoms with Crippen molar-refractivity contribution in [3.8, 4) is 0 Å². The van der Waals surface area contributed by atoms with Crippen molar-refractivity contribution in [2.45, 2.75) is 25.8 Å². The van der Waals surface area contributed by atoms with Gasteiger partial charge >= 0.3 is 0 Å². The molecule has 0 aliphatic carbocycles. The highest BCUT2D eigenvalue weighted by molar-refractivity contribution is 6.30. The number of rotatable bonds is 6. The number of anilines is 1. The fourth-order valence-corrected chi connectivity index (χ4v) is 2.38. The predicted molar refractivity (Wildman–Crippen MR) is 84.8 cm³/mol. The molecule has 20 heavy (non-hydrogen) atoms. The molecule has 0 bridgehead atoms. The Bertz CT molecular complexity index is 557. The van der Waals surface area contributed by atoms with Crippen LogP contribution in [0.4, 0.5) is 5.69 Å². The van der Waals surface area contributed by atoms with E-state index >= 15 is 0 Å². The zero-order valence-corrected chi connectivity index (χ0v) is 12.4. The van der Waals surface area contributed by atoms with Gasteiger partial charge in [0.25, 0.3) is 0 Å². The molecule has 106 valence electrons. The summed E-state index contributed by atoms with van der Waals surface area (Å²) in [4.78, 5) is 4.16. The Morgan fingerprint density at radius 3 is 2.90 bits per heavy atom. The number of hydrogen-bond donors (Lipinski definition) is 2. The quantitative estimate of drug-likeness (QED) is 0.854. The highest BCUT2D eigenvalue weighted by Gasteiger charge is 2.13. The van der Waals surface area contributed by atoms with Gasteiger partial charge in [0, 0.05) is 29.1 Å². The van der Waals surface area contributed by atoms with Gasteiger partial charge in [0.15, 0.2) is 0 Å². The Hall–Kier alpha value is -1.58. The fraction of sp³-hybridized carbons (Fsp3) is 0.312. The molecule has 3 nitrogen and oxygen atoms in total. The van der Waals surface area contributed by atoms with Crippen LogP contribution >= 0.6 is 11.6 Å². The Balaban J connectivity index is 2.21. The van der Waals surface area contributed by atoms with Gasteiger partial charge in [-0.1, -0.05) is 30.7 Å². The first kappa shape index (κ1) is 14.8. The van der Waals surface area contributed by atoms with E-state index in [1.165, 1.54) is 5.56 Å². The molecule has 4 heteroatoms. The van der Waals surface area contributed by atoms with Crippen molar-refractivity contribution in [2.75, 3.05) is 12.3 Å². The van der Waals surface area contributed by atoms with Gasteiger partial charge in [0.05, 0.1) is 0 Å². The van der Waals surface area contributed by atoms with E-state index in [1.807, 2.05) is 30.5 Å². The number of benzene rings is 1. The van der Waals surface area contributed by atoms with Crippen LogP contribution in [0.1, 0.15) is 30.5 Å². The predicted octanol–water partition coefficient (Wildman–Crippen LogP) is 3.60. The van der Waals surface area contributed by atoms with Crippen LogP contribution in [0.5, 0.6) is 0 Å². The van der Waals surface area contributed by atoms with Crippen LogP contribution in [0.3, 0.4) is 0 Å². The Labute approximate surface area is 125 Å². The first-order valence-electron chi connectivity index (χ1n) is 6.88. The summed E-state index contributed by atoms with van der Waals surface area (Å²) in [6.45, 7) is 3.11. The molecule has 1 aromatic carbocycles. The summed E-state index contributed by atoms with van der Waals surface area (Å²) in [7, 11) is 0. The maximum absolute atomic E-state index is 6.09.